The molecular formula is C11H15NO2. The lowest BCUT2D eigenvalue weighted by molar-refractivity contribution is 0.260. The van der Waals surface area contributed by atoms with Gasteiger partial charge in [0.05, 0.1) is 0 Å². The highest BCUT2D eigenvalue weighted by Gasteiger charge is 2.27. The molecule has 0 radical (unpaired) electrons. The lowest BCUT2D eigenvalue weighted by atomic mass is 9.77. The van der Waals surface area contributed by atoms with E-state index in [0.717, 1.165) is 18.4 Å². The Balaban J connectivity index is 2.22. The Morgan fingerprint density at radius 3 is 2.50 bits per heavy atom. The van der Waals surface area contributed by atoms with Gasteiger partial charge in [0.15, 0.2) is 0 Å². The van der Waals surface area contributed by atoms with Crippen molar-refractivity contribution < 1.29 is 10.2 Å². The maximum absolute atomic E-state index is 9.59. The van der Waals surface area contributed by atoms with Crippen LogP contribution in [0.3, 0.4) is 0 Å². The Hall–Kier alpha value is -1.22. The van der Waals surface area contributed by atoms with Gasteiger partial charge in [0.1, 0.15) is 11.5 Å². The Morgan fingerprint density at radius 2 is 2.00 bits per heavy atom. The summed E-state index contributed by atoms with van der Waals surface area (Å²) in [5.41, 5.74) is 6.75. The van der Waals surface area contributed by atoms with Crippen LogP contribution in [0.2, 0.25) is 0 Å². The smallest absolute Gasteiger partial charge is 0.124 e. The SMILES string of the molecule is N[C@@H](c1ccc(O)cc1O)C1CCC1. The van der Waals surface area contributed by atoms with E-state index in [0.29, 0.717) is 5.92 Å². The molecule has 0 saturated heterocycles. The molecule has 0 aromatic heterocycles. The van der Waals surface area contributed by atoms with Crippen molar-refractivity contribution in [3.8, 4) is 11.5 Å². The van der Waals surface area contributed by atoms with Crippen LogP contribution in [0.1, 0.15) is 30.9 Å². The molecule has 1 aliphatic rings. The highest BCUT2D eigenvalue weighted by atomic mass is 16.3. The first kappa shape index (κ1) is 9.34. The second-order valence-corrected chi connectivity index (χ2v) is 3.96. The van der Waals surface area contributed by atoms with Gasteiger partial charge in [-0.1, -0.05) is 12.5 Å². The van der Waals surface area contributed by atoms with Crippen LogP contribution in [-0.4, -0.2) is 10.2 Å². The van der Waals surface area contributed by atoms with Gasteiger partial charge in [0.25, 0.3) is 0 Å². The van der Waals surface area contributed by atoms with Gasteiger partial charge >= 0.3 is 0 Å². The van der Waals surface area contributed by atoms with Crippen LogP contribution in [0.25, 0.3) is 0 Å². The number of hydrogen-bond acceptors (Lipinski definition) is 3. The largest absolute Gasteiger partial charge is 0.508 e. The number of hydrogen-bond donors (Lipinski definition) is 3. The first-order valence-corrected chi connectivity index (χ1v) is 4.96. The molecule has 1 aromatic carbocycles. The minimum absolute atomic E-state index is 0.0760. The third kappa shape index (κ3) is 1.55. The summed E-state index contributed by atoms with van der Waals surface area (Å²) in [5, 5.41) is 18.7. The maximum Gasteiger partial charge on any atom is 0.124 e. The summed E-state index contributed by atoms with van der Waals surface area (Å²) in [6.07, 6.45) is 3.51. The van der Waals surface area contributed by atoms with Crippen LogP contribution in [0.15, 0.2) is 18.2 Å². The van der Waals surface area contributed by atoms with E-state index in [-0.39, 0.29) is 17.5 Å². The molecule has 0 bridgehead atoms. The minimum Gasteiger partial charge on any atom is -0.508 e. The van der Waals surface area contributed by atoms with E-state index in [9.17, 15) is 5.11 Å². The molecule has 76 valence electrons. The van der Waals surface area contributed by atoms with E-state index in [1.807, 2.05) is 0 Å². The zero-order valence-electron chi connectivity index (χ0n) is 7.98. The van der Waals surface area contributed by atoms with Crippen molar-refractivity contribution in [2.45, 2.75) is 25.3 Å². The number of phenolic OH excluding ortho intramolecular Hbond substituents is 2. The van der Waals surface area contributed by atoms with Gasteiger partial charge in [-0.05, 0) is 24.8 Å². The van der Waals surface area contributed by atoms with E-state index in [1.54, 1.807) is 12.1 Å². The quantitative estimate of drug-likeness (QED) is 0.672. The molecule has 4 N–H and O–H groups in total. The molecule has 0 aliphatic heterocycles. The Bertz CT molecular complexity index is 334. The minimum atomic E-state index is -0.0932. The molecule has 1 aromatic rings. The topological polar surface area (TPSA) is 66.5 Å². The van der Waals surface area contributed by atoms with E-state index in [2.05, 4.69) is 0 Å². The fourth-order valence-corrected chi connectivity index (χ4v) is 1.87. The fourth-order valence-electron chi connectivity index (χ4n) is 1.87. The van der Waals surface area contributed by atoms with Gasteiger partial charge in [-0.25, -0.2) is 0 Å². The molecule has 1 saturated carbocycles. The number of rotatable bonds is 2. The van der Waals surface area contributed by atoms with Crippen LogP contribution in [0.5, 0.6) is 11.5 Å². The maximum atomic E-state index is 9.59. The van der Waals surface area contributed by atoms with Crippen molar-refractivity contribution in [3.05, 3.63) is 23.8 Å². The Morgan fingerprint density at radius 1 is 1.29 bits per heavy atom. The molecule has 14 heavy (non-hydrogen) atoms. The average Bonchev–Trinajstić information content (AvgIpc) is 2.00. The van der Waals surface area contributed by atoms with Crippen LogP contribution in [0, 0.1) is 5.92 Å². The third-order valence-corrected chi connectivity index (χ3v) is 3.03. The van der Waals surface area contributed by atoms with E-state index in [4.69, 9.17) is 10.8 Å². The summed E-state index contributed by atoms with van der Waals surface area (Å²) >= 11 is 0. The van der Waals surface area contributed by atoms with E-state index in [1.165, 1.54) is 12.5 Å². The lowest BCUT2D eigenvalue weighted by Gasteiger charge is -2.31. The summed E-state index contributed by atoms with van der Waals surface area (Å²) in [4.78, 5) is 0. The lowest BCUT2D eigenvalue weighted by Crippen LogP contribution is -2.26. The van der Waals surface area contributed by atoms with Crippen LogP contribution in [-0.2, 0) is 0 Å². The second kappa shape index (κ2) is 3.50. The van der Waals surface area contributed by atoms with Gasteiger partial charge in [-0.3, -0.25) is 0 Å². The van der Waals surface area contributed by atoms with Gasteiger partial charge in [0.2, 0.25) is 0 Å². The van der Waals surface area contributed by atoms with Crippen molar-refractivity contribution in [2.24, 2.45) is 11.7 Å². The average molecular weight is 193 g/mol. The number of benzene rings is 1. The molecular weight excluding hydrogens is 178 g/mol. The van der Waals surface area contributed by atoms with Crippen molar-refractivity contribution in [1.82, 2.24) is 0 Å². The first-order valence-electron chi connectivity index (χ1n) is 4.96. The standard InChI is InChI=1S/C11H15NO2/c12-11(7-2-1-3-7)9-5-4-8(13)6-10(9)14/h4-7,11,13-14H,1-3,12H2/t11-/m1/s1. The van der Waals surface area contributed by atoms with Crippen LogP contribution < -0.4 is 5.73 Å². The number of phenols is 2. The summed E-state index contributed by atoms with van der Waals surface area (Å²) in [6, 6.07) is 4.51. The molecule has 2 rings (SSSR count). The van der Waals surface area contributed by atoms with Crippen molar-refractivity contribution >= 4 is 0 Å². The first-order chi connectivity index (χ1) is 6.68. The zero-order chi connectivity index (χ0) is 10.1. The molecule has 0 unspecified atom stereocenters. The van der Waals surface area contributed by atoms with Crippen molar-refractivity contribution in [2.75, 3.05) is 0 Å². The van der Waals surface area contributed by atoms with Gasteiger partial charge in [0, 0.05) is 17.7 Å². The normalized spacial score (nSPS) is 18.9. The summed E-state index contributed by atoms with van der Waals surface area (Å²) in [6.45, 7) is 0. The van der Waals surface area contributed by atoms with Gasteiger partial charge < -0.3 is 15.9 Å². The van der Waals surface area contributed by atoms with E-state index >= 15 is 0 Å². The molecule has 1 aliphatic carbocycles. The number of aromatic hydroxyl groups is 2. The number of nitrogens with two attached hydrogens (primary N) is 1. The summed E-state index contributed by atoms with van der Waals surface area (Å²) in [5.74, 6) is 0.668. The molecule has 0 spiro atoms. The van der Waals surface area contributed by atoms with Gasteiger partial charge in [-0.15, -0.1) is 0 Å². The van der Waals surface area contributed by atoms with Crippen LogP contribution in [0.4, 0.5) is 0 Å². The highest BCUT2D eigenvalue weighted by molar-refractivity contribution is 5.41. The Kier molecular flexibility index (Phi) is 2.33. The molecule has 1 fully saturated rings. The predicted octanol–water partition coefficient (Wildman–Crippen LogP) is 1.90. The van der Waals surface area contributed by atoms with Gasteiger partial charge in [-0.2, -0.15) is 0 Å². The molecule has 3 heteroatoms. The third-order valence-electron chi connectivity index (χ3n) is 3.03. The predicted molar refractivity (Wildman–Crippen MR) is 54.0 cm³/mol. The monoisotopic (exact) mass is 193 g/mol. The molecule has 3 nitrogen and oxygen atoms in total. The molecule has 0 amide bonds. The van der Waals surface area contributed by atoms with Crippen molar-refractivity contribution in [3.63, 3.8) is 0 Å². The van der Waals surface area contributed by atoms with E-state index < -0.39 is 0 Å². The highest BCUT2D eigenvalue weighted by Crippen LogP contribution is 2.39. The Labute approximate surface area is 83.2 Å². The fraction of sp³-hybridized carbons (Fsp3) is 0.455. The molecule has 0 heterocycles. The molecule has 1 atom stereocenters. The second-order valence-electron chi connectivity index (χ2n) is 3.96. The van der Waals surface area contributed by atoms with Crippen LogP contribution >= 0.6 is 0 Å². The summed E-state index contributed by atoms with van der Waals surface area (Å²) < 4.78 is 0. The zero-order valence-corrected chi connectivity index (χ0v) is 7.98. The van der Waals surface area contributed by atoms with Crippen molar-refractivity contribution in [1.29, 1.82) is 0 Å². The summed E-state index contributed by atoms with van der Waals surface area (Å²) in [7, 11) is 0.